The first-order chi connectivity index (χ1) is 7.68. The van der Waals surface area contributed by atoms with Crippen LogP contribution >= 0.6 is 0 Å². The molecular formula is C12H12NO3-. The number of carbonyl (C=O) groups excluding carboxylic acids is 2. The van der Waals surface area contributed by atoms with Crippen LogP contribution in [0.3, 0.4) is 0 Å². The Kier molecular flexibility index (Phi) is 2.99. The van der Waals surface area contributed by atoms with Crippen molar-refractivity contribution in [1.29, 1.82) is 0 Å². The van der Waals surface area contributed by atoms with E-state index in [1.807, 2.05) is 0 Å². The molecule has 2 rings (SSSR count). The third kappa shape index (κ3) is 2.10. The van der Waals surface area contributed by atoms with Crippen molar-refractivity contribution < 1.29 is 14.7 Å². The molecule has 0 radical (unpaired) electrons. The predicted molar refractivity (Wildman–Crippen MR) is 54.8 cm³/mol. The average molecular weight is 218 g/mol. The van der Waals surface area contributed by atoms with Gasteiger partial charge in [-0.3, -0.25) is 9.78 Å². The second kappa shape index (κ2) is 4.43. The minimum atomic E-state index is -1.23. The second-order valence-electron chi connectivity index (χ2n) is 4.02. The van der Waals surface area contributed by atoms with E-state index < -0.39 is 5.97 Å². The van der Waals surface area contributed by atoms with Gasteiger partial charge in [-0.25, -0.2) is 0 Å². The van der Waals surface area contributed by atoms with E-state index in [1.54, 1.807) is 0 Å². The fraction of sp³-hybridized carbons (Fsp3) is 0.417. The van der Waals surface area contributed by atoms with Gasteiger partial charge in [0.05, 0.1) is 17.6 Å². The summed E-state index contributed by atoms with van der Waals surface area (Å²) in [5, 5.41) is 10.7. The van der Waals surface area contributed by atoms with Crippen LogP contribution in [0.2, 0.25) is 0 Å². The third-order valence-electron chi connectivity index (χ3n) is 2.93. The zero-order chi connectivity index (χ0) is 11.5. The second-order valence-corrected chi connectivity index (χ2v) is 4.02. The van der Waals surface area contributed by atoms with Crippen LogP contribution in [0.1, 0.15) is 47.7 Å². The lowest BCUT2D eigenvalue weighted by Gasteiger charge is -2.20. The van der Waals surface area contributed by atoms with E-state index in [4.69, 9.17) is 0 Å². The predicted octanol–water partition coefficient (Wildman–Crippen LogP) is 0.672. The number of hydrogen-bond acceptors (Lipinski definition) is 4. The van der Waals surface area contributed by atoms with Gasteiger partial charge in [0.2, 0.25) is 0 Å². The van der Waals surface area contributed by atoms with Crippen molar-refractivity contribution in [3.63, 3.8) is 0 Å². The van der Waals surface area contributed by atoms with Crippen molar-refractivity contribution in [2.24, 2.45) is 0 Å². The van der Waals surface area contributed by atoms with Crippen LogP contribution in [0.25, 0.3) is 0 Å². The summed E-state index contributed by atoms with van der Waals surface area (Å²) in [5.41, 5.74) is 0.648. The number of rotatable bonds is 2. The smallest absolute Gasteiger partial charge is 0.141 e. The molecule has 1 heterocycles. The Morgan fingerprint density at radius 1 is 1.44 bits per heavy atom. The van der Waals surface area contributed by atoms with Gasteiger partial charge >= 0.3 is 0 Å². The number of aromatic carboxylic acids is 1. The molecule has 84 valence electrons. The summed E-state index contributed by atoms with van der Waals surface area (Å²) in [6.45, 7) is 0. The van der Waals surface area contributed by atoms with Crippen molar-refractivity contribution in [2.75, 3.05) is 0 Å². The third-order valence-corrected chi connectivity index (χ3v) is 2.93. The largest absolute Gasteiger partial charge is 0.545 e. The maximum absolute atomic E-state index is 11.7. The number of pyridine rings is 1. The normalized spacial score (nSPS) is 20.8. The summed E-state index contributed by atoms with van der Waals surface area (Å²) in [6.07, 6.45) is 4.68. The molecule has 0 unspecified atom stereocenters. The highest BCUT2D eigenvalue weighted by Crippen LogP contribution is 2.28. The lowest BCUT2D eigenvalue weighted by Crippen LogP contribution is -2.23. The molecule has 1 aromatic heterocycles. The van der Waals surface area contributed by atoms with Crippen LogP contribution in [-0.2, 0) is 4.79 Å². The molecule has 0 saturated heterocycles. The number of ketones is 1. The zero-order valence-corrected chi connectivity index (χ0v) is 8.81. The highest BCUT2D eigenvalue weighted by Gasteiger charge is 2.24. The van der Waals surface area contributed by atoms with Crippen molar-refractivity contribution >= 4 is 11.8 Å². The Balaban J connectivity index is 2.28. The average Bonchev–Trinajstić information content (AvgIpc) is 2.30. The van der Waals surface area contributed by atoms with E-state index >= 15 is 0 Å². The number of aromatic nitrogens is 1. The van der Waals surface area contributed by atoms with Crippen molar-refractivity contribution in [3.8, 4) is 0 Å². The Labute approximate surface area is 93.3 Å². The lowest BCUT2D eigenvalue weighted by molar-refractivity contribution is -0.255. The Morgan fingerprint density at radius 2 is 2.25 bits per heavy atom. The number of nitrogens with zero attached hydrogens (tertiary/aromatic N) is 1. The molecule has 0 bridgehead atoms. The molecule has 1 aliphatic rings. The summed E-state index contributed by atoms with van der Waals surface area (Å²) in [4.78, 5) is 26.5. The Hall–Kier alpha value is -1.71. The minimum absolute atomic E-state index is 0.0865. The molecule has 1 saturated carbocycles. The number of carboxylic acid groups (broad SMARTS) is 1. The summed E-state index contributed by atoms with van der Waals surface area (Å²) >= 11 is 0. The molecule has 0 N–H and O–H groups in total. The maximum atomic E-state index is 11.7. The highest BCUT2D eigenvalue weighted by molar-refractivity contribution is 5.88. The van der Waals surface area contributed by atoms with Crippen LogP contribution in [0.4, 0.5) is 0 Å². The summed E-state index contributed by atoms with van der Waals surface area (Å²) < 4.78 is 0. The van der Waals surface area contributed by atoms with Gasteiger partial charge in [-0.15, -0.1) is 0 Å². The van der Waals surface area contributed by atoms with Gasteiger partial charge in [0.25, 0.3) is 0 Å². The van der Waals surface area contributed by atoms with E-state index in [0.29, 0.717) is 12.1 Å². The number of Topliss-reactive ketones (excluding diaryl/α,β-unsaturated/α-hetero) is 1. The topological polar surface area (TPSA) is 70.1 Å². The lowest BCUT2D eigenvalue weighted by atomic mass is 9.85. The number of carbonyl (C=O) groups is 2. The molecule has 1 fully saturated rings. The SMILES string of the molecule is O=C([O-])c1ccnc([C@@H]2CCCCC2=O)c1. The molecule has 0 spiro atoms. The standard InChI is InChI=1S/C12H13NO3/c14-11-4-2-1-3-9(11)10-7-8(12(15)16)5-6-13-10/h5-7,9H,1-4H2,(H,15,16)/p-1/t9-/m0/s1. The van der Waals surface area contributed by atoms with Gasteiger partial charge < -0.3 is 9.90 Å². The molecule has 1 atom stereocenters. The highest BCUT2D eigenvalue weighted by atomic mass is 16.4. The monoisotopic (exact) mass is 218 g/mol. The summed E-state index contributed by atoms with van der Waals surface area (Å²) in [7, 11) is 0. The van der Waals surface area contributed by atoms with Crippen molar-refractivity contribution in [2.45, 2.75) is 31.6 Å². The Morgan fingerprint density at radius 3 is 2.94 bits per heavy atom. The molecule has 1 aromatic rings. The van der Waals surface area contributed by atoms with Crippen LogP contribution in [0.15, 0.2) is 18.3 Å². The van der Waals surface area contributed by atoms with Gasteiger partial charge in [-0.05, 0) is 25.0 Å². The van der Waals surface area contributed by atoms with Crippen molar-refractivity contribution in [3.05, 3.63) is 29.6 Å². The van der Waals surface area contributed by atoms with Gasteiger partial charge in [0, 0.05) is 18.2 Å². The van der Waals surface area contributed by atoms with Gasteiger partial charge in [-0.1, -0.05) is 6.42 Å². The molecule has 4 nitrogen and oxygen atoms in total. The quantitative estimate of drug-likeness (QED) is 0.731. The van der Waals surface area contributed by atoms with Gasteiger partial charge in [0.1, 0.15) is 5.78 Å². The van der Waals surface area contributed by atoms with Crippen LogP contribution in [0, 0.1) is 0 Å². The van der Waals surface area contributed by atoms with Gasteiger partial charge in [-0.2, -0.15) is 0 Å². The molecular weight excluding hydrogens is 206 g/mol. The van der Waals surface area contributed by atoms with Crippen molar-refractivity contribution in [1.82, 2.24) is 4.98 Å². The molecule has 4 heteroatoms. The molecule has 0 aromatic carbocycles. The summed E-state index contributed by atoms with van der Waals surface area (Å²) in [6, 6.07) is 2.83. The molecule has 1 aliphatic carbocycles. The Bertz CT molecular complexity index is 428. The van der Waals surface area contributed by atoms with E-state index in [2.05, 4.69) is 4.98 Å². The molecule has 0 aliphatic heterocycles. The fourth-order valence-electron chi connectivity index (χ4n) is 2.06. The zero-order valence-electron chi connectivity index (χ0n) is 8.81. The number of hydrogen-bond donors (Lipinski definition) is 0. The maximum Gasteiger partial charge on any atom is 0.141 e. The first kappa shape index (κ1) is 10.8. The molecule has 16 heavy (non-hydrogen) atoms. The van der Waals surface area contributed by atoms with Crippen LogP contribution in [0.5, 0.6) is 0 Å². The van der Waals surface area contributed by atoms with E-state index in [-0.39, 0.29) is 17.3 Å². The first-order valence-corrected chi connectivity index (χ1v) is 5.38. The minimum Gasteiger partial charge on any atom is -0.545 e. The van der Waals surface area contributed by atoms with E-state index in [1.165, 1.54) is 18.3 Å². The first-order valence-electron chi connectivity index (χ1n) is 5.38. The van der Waals surface area contributed by atoms with Gasteiger partial charge in [0.15, 0.2) is 0 Å². The fourth-order valence-corrected chi connectivity index (χ4v) is 2.06. The molecule has 0 amide bonds. The summed E-state index contributed by atoms with van der Waals surface area (Å²) in [5.74, 6) is -1.30. The van der Waals surface area contributed by atoms with E-state index in [0.717, 1.165) is 19.3 Å². The van der Waals surface area contributed by atoms with Crippen LogP contribution in [-0.4, -0.2) is 16.7 Å². The van der Waals surface area contributed by atoms with E-state index in [9.17, 15) is 14.7 Å². The van der Waals surface area contributed by atoms with Crippen LogP contribution < -0.4 is 5.11 Å². The number of carboxylic acids is 1.